The molecular weight excluding hydrogens is 235 g/mol. The summed E-state index contributed by atoms with van der Waals surface area (Å²) in [5.74, 6) is 1.40. The van der Waals surface area contributed by atoms with E-state index in [-0.39, 0.29) is 34.9 Å². The largest absolute Gasteiger partial charge is 1.00 e. The van der Waals surface area contributed by atoms with Crippen LogP contribution in [-0.2, 0) is 10.9 Å². The molecule has 0 amide bonds. The van der Waals surface area contributed by atoms with Crippen molar-refractivity contribution in [3.05, 3.63) is 35.6 Å². The lowest BCUT2D eigenvalue weighted by Crippen LogP contribution is -3.00. The Labute approximate surface area is 98.8 Å². The first-order valence-corrected chi connectivity index (χ1v) is 6.48. The molecule has 0 spiro atoms. The highest BCUT2D eigenvalue weighted by Gasteiger charge is 2.16. The summed E-state index contributed by atoms with van der Waals surface area (Å²) in [6.07, 6.45) is 2.07. The maximum absolute atomic E-state index is 12.6. The van der Waals surface area contributed by atoms with Crippen LogP contribution >= 0.6 is 0 Å². The van der Waals surface area contributed by atoms with Gasteiger partial charge in [0, 0.05) is 5.56 Å². The fourth-order valence-corrected chi connectivity index (χ4v) is 1.86. The highest BCUT2D eigenvalue weighted by Crippen LogP contribution is 2.05. The molecule has 0 fully saturated rings. The summed E-state index contributed by atoms with van der Waals surface area (Å²) < 4.78 is 12.6. The van der Waals surface area contributed by atoms with Crippen molar-refractivity contribution in [2.75, 3.05) is 17.8 Å². The van der Waals surface area contributed by atoms with Crippen LogP contribution in [0.15, 0.2) is 24.3 Å². The second-order valence-electron chi connectivity index (χ2n) is 3.14. The highest BCUT2D eigenvalue weighted by molar-refractivity contribution is 7.96. The molecule has 1 rings (SSSR count). The minimum atomic E-state index is -0.299. The predicted octanol–water partition coefficient (Wildman–Crippen LogP) is -0.720. The van der Waals surface area contributed by atoms with E-state index in [2.05, 4.69) is 13.2 Å². The maximum Gasteiger partial charge on any atom is 0.211 e. The predicted molar refractivity (Wildman–Crippen MR) is 59.4 cm³/mol. The molecule has 0 radical (unpaired) electrons. The van der Waals surface area contributed by atoms with Crippen LogP contribution in [0.1, 0.15) is 17.3 Å². The molecule has 0 aliphatic rings. The molecule has 4 heteroatoms. The molecular formula is C11H14ClFOS. The Morgan fingerprint density at radius 1 is 1.33 bits per heavy atom. The standard InChI is InChI=1S/C11H14FOS.ClH/c1-3-14(2)8-11(13)9-4-6-10(12)7-5-9;/h4-7H,3,8H2,1-2H3;1H/q+1;/p-1. The summed E-state index contributed by atoms with van der Waals surface area (Å²) in [6, 6.07) is 5.75. The summed E-state index contributed by atoms with van der Waals surface area (Å²) >= 11 is 0. The molecule has 0 saturated heterocycles. The highest BCUT2D eigenvalue weighted by atomic mass is 35.5. The molecule has 0 aliphatic carbocycles. The summed E-state index contributed by atoms with van der Waals surface area (Å²) in [4.78, 5) is 11.6. The number of benzene rings is 1. The summed E-state index contributed by atoms with van der Waals surface area (Å²) in [5.41, 5.74) is 0.610. The number of carbonyl (C=O) groups is 1. The molecule has 0 aromatic heterocycles. The number of hydrogen-bond donors (Lipinski definition) is 0. The molecule has 0 saturated carbocycles. The Morgan fingerprint density at radius 3 is 2.33 bits per heavy atom. The van der Waals surface area contributed by atoms with Crippen molar-refractivity contribution in [1.29, 1.82) is 0 Å². The van der Waals surface area contributed by atoms with Crippen LogP contribution in [0.5, 0.6) is 0 Å². The number of rotatable bonds is 4. The van der Waals surface area contributed by atoms with Crippen molar-refractivity contribution in [2.24, 2.45) is 0 Å². The van der Waals surface area contributed by atoms with E-state index in [0.717, 1.165) is 5.75 Å². The van der Waals surface area contributed by atoms with E-state index in [1.165, 1.54) is 12.1 Å². The molecule has 1 nitrogen and oxygen atoms in total. The number of hydrogen-bond acceptors (Lipinski definition) is 1. The van der Waals surface area contributed by atoms with Crippen LogP contribution in [0.4, 0.5) is 4.39 Å². The Kier molecular flexibility index (Phi) is 6.61. The third kappa shape index (κ3) is 4.67. The van der Waals surface area contributed by atoms with E-state index >= 15 is 0 Å². The van der Waals surface area contributed by atoms with Crippen molar-refractivity contribution < 1.29 is 21.6 Å². The van der Waals surface area contributed by atoms with Gasteiger partial charge in [-0.3, -0.25) is 4.79 Å². The van der Waals surface area contributed by atoms with Gasteiger partial charge in [-0.2, -0.15) is 0 Å². The van der Waals surface area contributed by atoms with E-state index in [9.17, 15) is 9.18 Å². The Balaban J connectivity index is 0.00000196. The van der Waals surface area contributed by atoms with Gasteiger partial charge < -0.3 is 12.4 Å². The normalized spacial score (nSPS) is 11.7. The topological polar surface area (TPSA) is 17.1 Å². The zero-order valence-corrected chi connectivity index (χ0v) is 10.4. The quantitative estimate of drug-likeness (QED) is 0.508. The molecule has 1 aromatic rings. The van der Waals surface area contributed by atoms with Gasteiger partial charge in [0.25, 0.3) is 0 Å². The van der Waals surface area contributed by atoms with E-state index in [1.54, 1.807) is 12.1 Å². The maximum atomic E-state index is 12.6. The zero-order chi connectivity index (χ0) is 10.6. The number of halogens is 2. The fourth-order valence-electron chi connectivity index (χ4n) is 1.04. The van der Waals surface area contributed by atoms with E-state index in [1.807, 2.05) is 0 Å². The van der Waals surface area contributed by atoms with Crippen LogP contribution in [0.2, 0.25) is 0 Å². The minimum absolute atomic E-state index is 0. The Hall–Kier alpha value is -0.540. The van der Waals surface area contributed by atoms with Gasteiger partial charge in [0.15, 0.2) is 5.75 Å². The van der Waals surface area contributed by atoms with E-state index in [0.29, 0.717) is 11.3 Å². The fraction of sp³-hybridized carbons (Fsp3) is 0.364. The van der Waals surface area contributed by atoms with Crippen molar-refractivity contribution in [3.8, 4) is 0 Å². The van der Waals surface area contributed by atoms with Crippen LogP contribution in [-0.4, -0.2) is 23.5 Å². The number of ketones is 1. The Bertz CT molecular complexity index is 313. The van der Waals surface area contributed by atoms with Gasteiger partial charge in [-0.15, -0.1) is 0 Å². The average Bonchev–Trinajstić information content (AvgIpc) is 2.18. The first kappa shape index (κ1) is 14.5. The first-order valence-electron chi connectivity index (χ1n) is 4.51. The second-order valence-corrected chi connectivity index (χ2v) is 5.57. The summed E-state index contributed by atoms with van der Waals surface area (Å²) in [5, 5.41) is 0. The third-order valence-electron chi connectivity index (χ3n) is 2.04. The number of carbonyl (C=O) groups excluding carboxylic acids is 1. The van der Waals surface area contributed by atoms with Crippen molar-refractivity contribution in [3.63, 3.8) is 0 Å². The molecule has 0 N–H and O–H groups in total. The van der Waals surface area contributed by atoms with Gasteiger partial charge in [-0.05, 0) is 42.1 Å². The minimum Gasteiger partial charge on any atom is -1.00 e. The zero-order valence-electron chi connectivity index (χ0n) is 8.80. The Morgan fingerprint density at radius 2 is 1.87 bits per heavy atom. The molecule has 1 aromatic carbocycles. The van der Waals surface area contributed by atoms with Crippen molar-refractivity contribution in [2.45, 2.75) is 6.92 Å². The molecule has 84 valence electrons. The van der Waals surface area contributed by atoms with Gasteiger partial charge in [-0.1, -0.05) is 0 Å². The second kappa shape index (κ2) is 6.85. The van der Waals surface area contributed by atoms with Crippen LogP contribution < -0.4 is 12.4 Å². The van der Waals surface area contributed by atoms with Crippen molar-refractivity contribution >= 4 is 16.7 Å². The van der Waals surface area contributed by atoms with Gasteiger partial charge in [0.1, 0.15) is 11.6 Å². The molecule has 0 aliphatic heterocycles. The molecule has 15 heavy (non-hydrogen) atoms. The third-order valence-corrected chi connectivity index (χ3v) is 3.78. The van der Waals surface area contributed by atoms with E-state index < -0.39 is 0 Å². The first-order chi connectivity index (χ1) is 6.63. The molecule has 1 unspecified atom stereocenters. The summed E-state index contributed by atoms with van der Waals surface area (Å²) in [6.45, 7) is 2.07. The molecule has 1 atom stereocenters. The van der Waals surface area contributed by atoms with Crippen LogP contribution in [0, 0.1) is 5.82 Å². The van der Waals surface area contributed by atoms with Gasteiger partial charge in [0.2, 0.25) is 5.78 Å². The van der Waals surface area contributed by atoms with Gasteiger partial charge >= 0.3 is 0 Å². The molecule has 0 bridgehead atoms. The molecule has 0 heterocycles. The van der Waals surface area contributed by atoms with E-state index in [4.69, 9.17) is 0 Å². The monoisotopic (exact) mass is 248 g/mol. The lowest BCUT2D eigenvalue weighted by atomic mass is 10.1. The average molecular weight is 249 g/mol. The number of Topliss-reactive ketones (excluding diaryl/α,β-unsaturated/α-hetero) is 1. The van der Waals surface area contributed by atoms with Gasteiger partial charge in [-0.25, -0.2) is 4.39 Å². The van der Waals surface area contributed by atoms with Crippen LogP contribution in [0.3, 0.4) is 0 Å². The van der Waals surface area contributed by atoms with Gasteiger partial charge in [0.05, 0.1) is 6.26 Å². The lowest BCUT2D eigenvalue weighted by Gasteiger charge is -2.00. The summed E-state index contributed by atoms with van der Waals surface area (Å²) in [7, 11) is 0.144. The SMILES string of the molecule is CC[S+](C)CC(=O)c1ccc(F)cc1.[Cl-]. The van der Waals surface area contributed by atoms with Crippen molar-refractivity contribution in [1.82, 2.24) is 0 Å². The van der Waals surface area contributed by atoms with Crippen LogP contribution in [0.25, 0.3) is 0 Å². The lowest BCUT2D eigenvalue weighted by molar-refractivity contribution is -0.0000115. The smallest absolute Gasteiger partial charge is 0.211 e.